The van der Waals surface area contributed by atoms with Gasteiger partial charge in [-0.15, -0.1) is 21.5 Å². The Kier molecular flexibility index (Phi) is 4.33. The quantitative estimate of drug-likeness (QED) is 0.733. The minimum atomic E-state index is 0.402. The fourth-order valence-corrected chi connectivity index (χ4v) is 3.63. The third kappa shape index (κ3) is 3.15. The highest BCUT2D eigenvalue weighted by Gasteiger charge is 2.10. The van der Waals surface area contributed by atoms with E-state index < -0.39 is 0 Å². The van der Waals surface area contributed by atoms with Crippen molar-refractivity contribution in [3.63, 3.8) is 0 Å². The monoisotopic (exact) mass is 317 g/mol. The van der Waals surface area contributed by atoms with Gasteiger partial charge in [0.05, 0.1) is 12.2 Å². The molecule has 0 spiro atoms. The van der Waals surface area contributed by atoms with Crippen LogP contribution < -0.4 is 5.73 Å². The molecule has 0 saturated heterocycles. The van der Waals surface area contributed by atoms with Crippen LogP contribution in [0.15, 0.2) is 40.9 Å². The molecule has 0 saturated carbocycles. The number of thiazole rings is 1. The number of rotatable bonds is 5. The average molecular weight is 317 g/mol. The number of benzene rings is 1. The Balaban J connectivity index is 1.69. The van der Waals surface area contributed by atoms with E-state index in [9.17, 15) is 0 Å². The van der Waals surface area contributed by atoms with Gasteiger partial charge >= 0.3 is 0 Å². The van der Waals surface area contributed by atoms with E-state index in [1.165, 1.54) is 0 Å². The third-order valence-corrected chi connectivity index (χ3v) is 5.02. The standard InChI is InChI=1S/C14H15N5S2/c1-19-12(7-15)17-18-14(19)21-9-11-8-20-13(16-11)10-5-3-2-4-6-10/h2-6,8H,7,9,15H2,1H3. The van der Waals surface area contributed by atoms with Gasteiger partial charge in [-0.1, -0.05) is 42.1 Å². The van der Waals surface area contributed by atoms with E-state index in [-0.39, 0.29) is 0 Å². The summed E-state index contributed by atoms with van der Waals surface area (Å²) in [6, 6.07) is 10.2. The Morgan fingerprint density at radius 3 is 2.76 bits per heavy atom. The van der Waals surface area contributed by atoms with Crippen molar-refractivity contribution in [3.05, 3.63) is 47.2 Å². The van der Waals surface area contributed by atoms with Gasteiger partial charge in [-0.2, -0.15) is 0 Å². The minimum Gasteiger partial charge on any atom is -0.324 e. The Morgan fingerprint density at radius 2 is 2.05 bits per heavy atom. The van der Waals surface area contributed by atoms with Crippen molar-refractivity contribution in [2.75, 3.05) is 0 Å². The highest BCUT2D eigenvalue weighted by molar-refractivity contribution is 7.98. The third-order valence-electron chi connectivity index (χ3n) is 3.03. The van der Waals surface area contributed by atoms with Gasteiger partial charge in [0.2, 0.25) is 0 Å². The molecule has 0 amide bonds. The lowest BCUT2D eigenvalue weighted by Gasteiger charge is -2.00. The zero-order valence-electron chi connectivity index (χ0n) is 11.6. The lowest BCUT2D eigenvalue weighted by molar-refractivity contribution is 0.734. The molecule has 0 unspecified atom stereocenters. The molecule has 108 valence electrons. The highest BCUT2D eigenvalue weighted by atomic mass is 32.2. The van der Waals surface area contributed by atoms with Crippen LogP contribution in [-0.2, 0) is 19.3 Å². The first-order chi connectivity index (χ1) is 10.3. The smallest absolute Gasteiger partial charge is 0.191 e. The molecule has 0 aliphatic heterocycles. The predicted octanol–water partition coefficient (Wildman–Crippen LogP) is 2.69. The summed E-state index contributed by atoms with van der Waals surface area (Å²) in [4.78, 5) is 4.67. The zero-order valence-corrected chi connectivity index (χ0v) is 13.2. The van der Waals surface area contributed by atoms with Crippen LogP contribution in [0, 0.1) is 0 Å². The van der Waals surface area contributed by atoms with Crippen LogP contribution in [0.3, 0.4) is 0 Å². The predicted molar refractivity (Wildman–Crippen MR) is 86.0 cm³/mol. The van der Waals surface area contributed by atoms with Gasteiger partial charge in [0.15, 0.2) is 5.16 Å². The van der Waals surface area contributed by atoms with Gasteiger partial charge in [0.1, 0.15) is 10.8 Å². The van der Waals surface area contributed by atoms with Crippen LogP contribution in [0.5, 0.6) is 0 Å². The first-order valence-corrected chi connectivity index (χ1v) is 8.35. The summed E-state index contributed by atoms with van der Waals surface area (Å²) in [5.41, 5.74) is 7.81. The summed E-state index contributed by atoms with van der Waals surface area (Å²) in [6.07, 6.45) is 0. The Hall–Kier alpha value is -1.70. The van der Waals surface area contributed by atoms with Crippen LogP contribution in [0.25, 0.3) is 10.6 Å². The highest BCUT2D eigenvalue weighted by Crippen LogP contribution is 2.27. The Bertz CT molecular complexity index is 720. The van der Waals surface area contributed by atoms with E-state index in [0.717, 1.165) is 33.0 Å². The summed E-state index contributed by atoms with van der Waals surface area (Å²) in [6.45, 7) is 0.402. The van der Waals surface area contributed by atoms with Gasteiger partial charge in [-0.05, 0) is 0 Å². The maximum atomic E-state index is 5.60. The van der Waals surface area contributed by atoms with Crippen molar-refractivity contribution in [2.45, 2.75) is 17.5 Å². The molecule has 3 rings (SSSR count). The molecule has 5 nitrogen and oxygen atoms in total. The number of nitrogens with two attached hydrogens (primary N) is 1. The van der Waals surface area contributed by atoms with Gasteiger partial charge in [0.25, 0.3) is 0 Å². The van der Waals surface area contributed by atoms with Gasteiger partial charge in [0, 0.05) is 23.7 Å². The number of hydrogen-bond donors (Lipinski definition) is 1. The number of nitrogens with zero attached hydrogens (tertiary/aromatic N) is 4. The maximum Gasteiger partial charge on any atom is 0.191 e. The normalized spacial score (nSPS) is 11.0. The lowest BCUT2D eigenvalue weighted by atomic mass is 10.2. The molecule has 21 heavy (non-hydrogen) atoms. The lowest BCUT2D eigenvalue weighted by Crippen LogP contribution is -2.05. The van der Waals surface area contributed by atoms with Crippen molar-refractivity contribution in [2.24, 2.45) is 12.8 Å². The summed E-state index contributed by atoms with van der Waals surface area (Å²) in [5, 5.41) is 12.2. The van der Waals surface area contributed by atoms with Crippen LogP contribution in [0.1, 0.15) is 11.5 Å². The summed E-state index contributed by atoms with van der Waals surface area (Å²) < 4.78 is 1.93. The van der Waals surface area contributed by atoms with Crippen molar-refractivity contribution < 1.29 is 0 Å². The second-order valence-electron chi connectivity index (χ2n) is 4.46. The largest absolute Gasteiger partial charge is 0.324 e. The van der Waals surface area contributed by atoms with E-state index in [1.807, 2.05) is 29.8 Å². The Labute approximate surface area is 131 Å². The van der Waals surface area contributed by atoms with Crippen LogP contribution in [0.2, 0.25) is 0 Å². The fourth-order valence-electron chi connectivity index (χ4n) is 1.87. The molecular weight excluding hydrogens is 302 g/mol. The van der Waals surface area contributed by atoms with E-state index in [0.29, 0.717) is 6.54 Å². The summed E-state index contributed by atoms with van der Waals surface area (Å²) in [7, 11) is 1.93. The van der Waals surface area contributed by atoms with Crippen molar-refractivity contribution in [1.82, 2.24) is 19.7 Å². The Morgan fingerprint density at radius 1 is 1.24 bits per heavy atom. The molecule has 0 aliphatic carbocycles. The van der Waals surface area contributed by atoms with Gasteiger partial charge in [-0.25, -0.2) is 4.98 Å². The van der Waals surface area contributed by atoms with Crippen molar-refractivity contribution in [1.29, 1.82) is 0 Å². The van der Waals surface area contributed by atoms with Crippen LogP contribution in [0.4, 0.5) is 0 Å². The number of thioether (sulfide) groups is 1. The fraction of sp³-hybridized carbons (Fsp3) is 0.214. The van der Waals surface area contributed by atoms with Gasteiger partial charge < -0.3 is 10.3 Å². The van der Waals surface area contributed by atoms with Gasteiger partial charge in [-0.3, -0.25) is 0 Å². The summed E-state index contributed by atoms with van der Waals surface area (Å²) >= 11 is 3.29. The molecule has 2 N–H and O–H groups in total. The first-order valence-electron chi connectivity index (χ1n) is 6.49. The molecule has 7 heteroatoms. The molecule has 0 bridgehead atoms. The molecular formula is C14H15N5S2. The second-order valence-corrected chi connectivity index (χ2v) is 6.26. The number of hydrogen-bond acceptors (Lipinski definition) is 6. The maximum absolute atomic E-state index is 5.60. The van der Waals surface area contributed by atoms with E-state index in [4.69, 9.17) is 5.73 Å². The first kappa shape index (κ1) is 14.2. The molecule has 0 aliphatic rings. The van der Waals surface area contributed by atoms with E-state index >= 15 is 0 Å². The summed E-state index contributed by atoms with van der Waals surface area (Å²) in [5.74, 6) is 1.57. The SMILES string of the molecule is Cn1c(CN)nnc1SCc1csc(-c2ccccc2)n1. The zero-order chi connectivity index (χ0) is 14.7. The minimum absolute atomic E-state index is 0.402. The molecule has 1 aromatic carbocycles. The molecule has 0 fully saturated rings. The van der Waals surface area contributed by atoms with Crippen LogP contribution in [-0.4, -0.2) is 19.7 Å². The van der Waals surface area contributed by atoms with Crippen LogP contribution >= 0.6 is 23.1 Å². The molecule has 0 radical (unpaired) electrons. The van der Waals surface area contributed by atoms with Crippen molar-refractivity contribution >= 4 is 23.1 Å². The second kappa shape index (κ2) is 6.38. The average Bonchev–Trinajstić information content (AvgIpc) is 3.13. The molecule has 3 aromatic rings. The van der Waals surface area contributed by atoms with Crippen molar-refractivity contribution in [3.8, 4) is 10.6 Å². The molecule has 2 heterocycles. The number of aromatic nitrogens is 4. The topological polar surface area (TPSA) is 69.6 Å². The van der Waals surface area contributed by atoms with E-state index in [2.05, 4.69) is 32.7 Å². The molecule has 2 aromatic heterocycles. The van der Waals surface area contributed by atoms with E-state index in [1.54, 1.807) is 23.1 Å². The molecule has 0 atom stereocenters.